The molecule has 1 saturated heterocycles. The number of fused-ring (bicyclic) bond motifs is 2. The Balaban J connectivity index is 1.57. The number of rotatable bonds is 2. The van der Waals surface area contributed by atoms with Crippen molar-refractivity contribution >= 4 is 23.5 Å². The molecule has 1 N–H and O–H groups in total. The first-order valence-electron chi connectivity index (χ1n) is 10.7. The molecule has 7 heteroatoms. The third-order valence-electron chi connectivity index (χ3n) is 6.70. The maximum Gasteiger partial charge on any atom is 0.319 e. The number of amides is 3. The quantitative estimate of drug-likeness (QED) is 0.793. The van der Waals surface area contributed by atoms with Crippen molar-refractivity contribution in [3.8, 4) is 0 Å². The van der Waals surface area contributed by atoms with Crippen molar-refractivity contribution in [1.29, 1.82) is 0 Å². The molecule has 1 aromatic heterocycles. The molecule has 6 nitrogen and oxygen atoms in total. The lowest BCUT2D eigenvalue weighted by Gasteiger charge is -2.47. The highest BCUT2D eigenvalue weighted by atomic mass is 35.5. The minimum atomic E-state index is -0.887. The summed E-state index contributed by atoms with van der Waals surface area (Å²) in [6.07, 6.45) is 7.73. The first kappa shape index (κ1) is 19.4. The lowest BCUT2D eigenvalue weighted by molar-refractivity contribution is 0.0189. The third kappa shape index (κ3) is 3.05. The Bertz CT molecular complexity index is 973. The van der Waals surface area contributed by atoms with E-state index in [2.05, 4.69) is 10.3 Å². The number of aromatic nitrogens is 1. The number of nitrogens with zero attached hydrogens (tertiary/aromatic N) is 3. The summed E-state index contributed by atoms with van der Waals surface area (Å²) in [7, 11) is 0. The minimum Gasteiger partial charge on any atom is -0.335 e. The van der Waals surface area contributed by atoms with E-state index in [-0.39, 0.29) is 18.0 Å². The van der Waals surface area contributed by atoms with E-state index in [4.69, 9.17) is 11.6 Å². The van der Waals surface area contributed by atoms with Crippen LogP contribution in [0.3, 0.4) is 0 Å². The van der Waals surface area contributed by atoms with Gasteiger partial charge in [-0.2, -0.15) is 0 Å². The van der Waals surface area contributed by atoms with Gasteiger partial charge in [0.2, 0.25) is 0 Å². The fraction of sp³-hybridized carbons (Fsp3) is 0.435. The van der Waals surface area contributed by atoms with Gasteiger partial charge >= 0.3 is 6.03 Å². The predicted molar refractivity (Wildman–Crippen MR) is 114 cm³/mol. The number of pyridine rings is 1. The molecule has 1 aliphatic carbocycles. The molecule has 3 aliphatic rings. The van der Waals surface area contributed by atoms with Gasteiger partial charge in [0, 0.05) is 36.8 Å². The van der Waals surface area contributed by atoms with Crippen LogP contribution in [0.4, 0.5) is 4.79 Å². The highest BCUT2D eigenvalue weighted by Crippen LogP contribution is 2.44. The summed E-state index contributed by atoms with van der Waals surface area (Å²) in [5.74, 6) is -0.0766. The molecule has 1 saturated carbocycles. The van der Waals surface area contributed by atoms with Crippen LogP contribution in [-0.4, -0.2) is 45.9 Å². The average molecular weight is 425 g/mol. The summed E-state index contributed by atoms with van der Waals surface area (Å²) in [5.41, 5.74) is 1.34. The normalized spacial score (nSPS) is 23.8. The van der Waals surface area contributed by atoms with E-state index in [1.54, 1.807) is 12.3 Å². The molecule has 1 atom stereocenters. The Labute approximate surface area is 181 Å². The van der Waals surface area contributed by atoms with Crippen molar-refractivity contribution in [2.24, 2.45) is 0 Å². The van der Waals surface area contributed by atoms with Gasteiger partial charge in [-0.25, -0.2) is 4.79 Å². The van der Waals surface area contributed by atoms with Crippen LogP contribution in [0.1, 0.15) is 53.7 Å². The fourth-order valence-corrected chi connectivity index (χ4v) is 5.35. The molecule has 2 fully saturated rings. The number of nitrogens with one attached hydrogen (secondary N) is 1. The van der Waals surface area contributed by atoms with E-state index in [9.17, 15) is 9.59 Å². The maximum atomic E-state index is 13.5. The molecule has 1 aromatic carbocycles. The number of benzene rings is 1. The van der Waals surface area contributed by atoms with E-state index in [1.807, 2.05) is 40.1 Å². The molecular formula is C23H25ClN4O2. The zero-order chi connectivity index (χ0) is 20.7. The number of carbonyl (C=O) groups excluding carboxylic acids is 2. The largest absolute Gasteiger partial charge is 0.335 e. The molecule has 156 valence electrons. The summed E-state index contributed by atoms with van der Waals surface area (Å²) < 4.78 is 0. The van der Waals surface area contributed by atoms with Crippen molar-refractivity contribution in [3.63, 3.8) is 0 Å². The van der Waals surface area contributed by atoms with Gasteiger partial charge in [0.1, 0.15) is 0 Å². The Morgan fingerprint density at radius 1 is 1.10 bits per heavy atom. The highest BCUT2D eigenvalue weighted by Gasteiger charge is 2.56. The van der Waals surface area contributed by atoms with Crippen molar-refractivity contribution in [2.75, 3.05) is 13.1 Å². The monoisotopic (exact) mass is 424 g/mol. The molecule has 0 spiro atoms. The fourth-order valence-electron chi connectivity index (χ4n) is 5.23. The smallest absolute Gasteiger partial charge is 0.319 e. The van der Waals surface area contributed by atoms with Crippen LogP contribution >= 0.6 is 11.6 Å². The van der Waals surface area contributed by atoms with E-state index in [1.165, 1.54) is 6.42 Å². The van der Waals surface area contributed by atoms with Crippen molar-refractivity contribution < 1.29 is 9.59 Å². The molecule has 3 amide bonds. The summed E-state index contributed by atoms with van der Waals surface area (Å²) in [6.45, 7) is 0.981. The Kier molecular flexibility index (Phi) is 4.89. The summed E-state index contributed by atoms with van der Waals surface area (Å²) in [6, 6.07) is 11.2. The van der Waals surface area contributed by atoms with E-state index in [0.29, 0.717) is 30.1 Å². The van der Waals surface area contributed by atoms with E-state index in [0.717, 1.165) is 36.9 Å². The molecule has 2 aliphatic heterocycles. The van der Waals surface area contributed by atoms with Crippen molar-refractivity contribution in [2.45, 2.75) is 50.2 Å². The van der Waals surface area contributed by atoms with Gasteiger partial charge < -0.3 is 10.2 Å². The summed E-state index contributed by atoms with van der Waals surface area (Å²) >= 11 is 6.14. The van der Waals surface area contributed by atoms with Crippen LogP contribution in [0, 0.1) is 0 Å². The SMILES string of the molecule is O=C(NC1CCCCC1)N1CCN2C(=O)c3cccnc3CC12c1ccc(Cl)cc1. The topological polar surface area (TPSA) is 65.5 Å². The second kappa shape index (κ2) is 7.58. The molecular weight excluding hydrogens is 400 g/mol. The van der Waals surface area contributed by atoms with Gasteiger partial charge in [0.25, 0.3) is 5.91 Å². The van der Waals surface area contributed by atoms with Crippen LogP contribution in [0.5, 0.6) is 0 Å². The van der Waals surface area contributed by atoms with Crippen molar-refractivity contribution in [1.82, 2.24) is 20.1 Å². The van der Waals surface area contributed by atoms with E-state index < -0.39 is 5.66 Å². The molecule has 3 heterocycles. The molecule has 0 bridgehead atoms. The minimum absolute atomic E-state index is 0.0766. The lowest BCUT2D eigenvalue weighted by atomic mass is 9.86. The van der Waals surface area contributed by atoms with Crippen LogP contribution < -0.4 is 5.32 Å². The van der Waals surface area contributed by atoms with Crippen LogP contribution in [-0.2, 0) is 12.1 Å². The second-order valence-corrected chi connectivity index (χ2v) is 8.83. The number of halogens is 1. The first-order valence-corrected chi connectivity index (χ1v) is 11.1. The molecule has 30 heavy (non-hydrogen) atoms. The zero-order valence-electron chi connectivity index (χ0n) is 16.8. The molecule has 5 rings (SSSR count). The Morgan fingerprint density at radius 3 is 2.63 bits per heavy atom. The van der Waals surface area contributed by atoms with Crippen LogP contribution in [0.15, 0.2) is 42.6 Å². The van der Waals surface area contributed by atoms with Gasteiger partial charge in [-0.1, -0.05) is 43.0 Å². The molecule has 1 unspecified atom stereocenters. The van der Waals surface area contributed by atoms with Gasteiger partial charge in [-0.15, -0.1) is 0 Å². The standard InChI is InChI=1S/C23H25ClN4O2/c24-17-10-8-16(9-11-17)23-15-20-19(7-4-12-25-20)21(29)27(23)13-14-28(23)22(30)26-18-5-2-1-3-6-18/h4,7-12,18H,1-3,5-6,13-15H2,(H,26,30). The zero-order valence-corrected chi connectivity index (χ0v) is 17.6. The molecule has 2 aromatic rings. The predicted octanol–water partition coefficient (Wildman–Crippen LogP) is 3.94. The van der Waals surface area contributed by atoms with Gasteiger partial charge in [-0.3, -0.25) is 14.7 Å². The van der Waals surface area contributed by atoms with Gasteiger partial charge in [0.05, 0.1) is 11.3 Å². The number of urea groups is 1. The Morgan fingerprint density at radius 2 is 1.87 bits per heavy atom. The van der Waals surface area contributed by atoms with Gasteiger partial charge in [-0.05, 0) is 42.7 Å². The number of hydrogen-bond donors (Lipinski definition) is 1. The van der Waals surface area contributed by atoms with Crippen LogP contribution in [0.25, 0.3) is 0 Å². The first-order chi connectivity index (χ1) is 14.6. The summed E-state index contributed by atoms with van der Waals surface area (Å²) in [4.78, 5) is 35.0. The third-order valence-corrected chi connectivity index (χ3v) is 6.96. The Hall–Kier alpha value is -2.60. The average Bonchev–Trinajstić information content (AvgIpc) is 3.16. The van der Waals surface area contributed by atoms with E-state index >= 15 is 0 Å². The maximum absolute atomic E-state index is 13.5. The van der Waals surface area contributed by atoms with Gasteiger partial charge in [0.15, 0.2) is 5.66 Å². The van der Waals surface area contributed by atoms with Crippen LogP contribution in [0.2, 0.25) is 5.02 Å². The van der Waals surface area contributed by atoms with Crippen molar-refractivity contribution in [3.05, 3.63) is 64.4 Å². The number of carbonyl (C=O) groups is 2. The lowest BCUT2D eigenvalue weighted by Crippen LogP contribution is -2.61. The number of hydrogen-bond acceptors (Lipinski definition) is 3. The molecule has 0 radical (unpaired) electrons. The summed E-state index contributed by atoms with van der Waals surface area (Å²) in [5, 5.41) is 3.86. The highest BCUT2D eigenvalue weighted by molar-refractivity contribution is 6.30. The second-order valence-electron chi connectivity index (χ2n) is 8.39.